The molecule has 1 aliphatic heterocycles. The number of aromatic nitrogens is 3. The highest BCUT2D eigenvalue weighted by Crippen LogP contribution is 2.24. The molecule has 4 rings (SSSR count). The van der Waals surface area contributed by atoms with Crippen LogP contribution in [0.1, 0.15) is 31.6 Å². The Hall–Kier alpha value is -2.59. The van der Waals surface area contributed by atoms with Gasteiger partial charge in [0.25, 0.3) is 5.56 Å². The number of halogens is 3. The van der Waals surface area contributed by atoms with E-state index in [1.54, 1.807) is 30.5 Å². The molecule has 1 aliphatic rings. The third-order valence-corrected chi connectivity index (χ3v) is 6.66. The third-order valence-electron chi connectivity index (χ3n) is 5.61. The molecule has 0 amide bonds. The standard InChI is InChI=1S/C23H25F3N4O2S/c1-15(28-13-16-8-11-33-12-9-16)21-29-20-19(3-2-10-27-20)22(31)30(21)17-4-6-18(7-5-17)32-14-23(24,25)26/h2-7,10,15-16,28H,8-9,11-14H2,1H3. The second kappa shape index (κ2) is 10.1. The maximum absolute atomic E-state index is 13.4. The molecule has 6 nitrogen and oxygen atoms in total. The predicted octanol–water partition coefficient (Wildman–Crippen LogP) is 4.52. The Balaban J connectivity index is 1.65. The molecular weight excluding hydrogens is 453 g/mol. The summed E-state index contributed by atoms with van der Waals surface area (Å²) in [6, 6.07) is 9.06. The molecule has 0 saturated carbocycles. The minimum absolute atomic E-state index is 0.0717. The summed E-state index contributed by atoms with van der Waals surface area (Å²) in [5, 5.41) is 3.88. The molecule has 1 unspecified atom stereocenters. The molecule has 176 valence electrons. The van der Waals surface area contributed by atoms with Crippen molar-refractivity contribution < 1.29 is 17.9 Å². The topological polar surface area (TPSA) is 69.0 Å². The second-order valence-corrected chi connectivity index (χ2v) is 9.29. The van der Waals surface area contributed by atoms with Gasteiger partial charge in [-0.2, -0.15) is 24.9 Å². The van der Waals surface area contributed by atoms with Gasteiger partial charge in [-0.15, -0.1) is 0 Å². The van der Waals surface area contributed by atoms with Crippen molar-refractivity contribution in [1.82, 2.24) is 19.9 Å². The normalized spacial score (nSPS) is 16.1. The fourth-order valence-corrected chi connectivity index (χ4v) is 5.02. The van der Waals surface area contributed by atoms with Gasteiger partial charge in [-0.05, 0) is 80.1 Å². The molecule has 10 heteroatoms. The van der Waals surface area contributed by atoms with Gasteiger partial charge in [0.15, 0.2) is 12.3 Å². The van der Waals surface area contributed by atoms with E-state index >= 15 is 0 Å². The van der Waals surface area contributed by atoms with E-state index in [0.29, 0.717) is 28.5 Å². The summed E-state index contributed by atoms with van der Waals surface area (Å²) in [7, 11) is 0. The van der Waals surface area contributed by atoms with Gasteiger partial charge >= 0.3 is 6.18 Å². The Bertz CT molecular complexity index is 1150. The molecule has 33 heavy (non-hydrogen) atoms. The summed E-state index contributed by atoms with van der Waals surface area (Å²) in [6.45, 7) is 1.40. The zero-order chi connectivity index (χ0) is 23.4. The van der Waals surface area contributed by atoms with Gasteiger partial charge in [0.05, 0.1) is 17.1 Å². The Morgan fingerprint density at radius 3 is 2.64 bits per heavy atom. The molecule has 0 aliphatic carbocycles. The minimum atomic E-state index is -4.42. The van der Waals surface area contributed by atoms with Crippen molar-refractivity contribution in [3.05, 3.63) is 58.8 Å². The first kappa shape index (κ1) is 23.6. The van der Waals surface area contributed by atoms with Crippen molar-refractivity contribution in [3.8, 4) is 11.4 Å². The first-order chi connectivity index (χ1) is 15.8. The van der Waals surface area contributed by atoms with Gasteiger partial charge in [-0.3, -0.25) is 9.36 Å². The van der Waals surface area contributed by atoms with E-state index in [9.17, 15) is 18.0 Å². The average molecular weight is 479 g/mol. The average Bonchev–Trinajstić information content (AvgIpc) is 2.82. The van der Waals surface area contributed by atoms with E-state index in [-0.39, 0.29) is 17.4 Å². The maximum Gasteiger partial charge on any atom is 0.422 e. The van der Waals surface area contributed by atoms with Crippen LogP contribution in [-0.4, -0.2) is 45.4 Å². The number of thioether (sulfide) groups is 1. The van der Waals surface area contributed by atoms with E-state index in [1.807, 2.05) is 18.7 Å². The summed E-state index contributed by atoms with van der Waals surface area (Å²) in [5.41, 5.74) is 0.576. The van der Waals surface area contributed by atoms with Crippen LogP contribution in [0.3, 0.4) is 0 Å². The summed E-state index contributed by atoms with van der Waals surface area (Å²) in [4.78, 5) is 22.3. The highest BCUT2D eigenvalue weighted by molar-refractivity contribution is 7.99. The maximum atomic E-state index is 13.4. The van der Waals surface area contributed by atoms with Gasteiger partial charge in [-0.25, -0.2) is 9.97 Å². The molecule has 1 aromatic carbocycles. The monoisotopic (exact) mass is 478 g/mol. The van der Waals surface area contributed by atoms with Crippen molar-refractivity contribution in [2.45, 2.75) is 32.0 Å². The fraction of sp³-hybridized carbons (Fsp3) is 0.435. The third kappa shape index (κ3) is 5.86. The number of hydrogen-bond donors (Lipinski definition) is 1. The molecular formula is C23H25F3N4O2S. The highest BCUT2D eigenvalue weighted by Gasteiger charge is 2.28. The summed E-state index contributed by atoms with van der Waals surface area (Å²) < 4.78 is 43.6. The Kier molecular flexibility index (Phi) is 7.23. The predicted molar refractivity (Wildman–Crippen MR) is 123 cm³/mol. The van der Waals surface area contributed by atoms with Crippen molar-refractivity contribution >= 4 is 22.8 Å². The quantitative estimate of drug-likeness (QED) is 0.539. The lowest BCUT2D eigenvalue weighted by Gasteiger charge is -2.25. The molecule has 2 aromatic heterocycles. The second-order valence-electron chi connectivity index (χ2n) is 8.07. The number of rotatable bonds is 7. The molecule has 3 aromatic rings. The largest absolute Gasteiger partial charge is 0.484 e. The van der Waals surface area contributed by atoms with Gasteiger partial charge in [0.2, 0.25) is 0 Å². The molecule has 0 radical (unpaired) electrons. The lowest BCUT2D eigenvalue weighted by atomic mass is 10.0. The first-order valence-electron chi connectivity index (χ1n) is 10.8. The number of nitrogens with one attached hydrogen (secondary N) is 1. The molecule has 1 N–H and O–H groups in total. The number of alkyl halides is 3. The summed E-state index contributed by atoms with van der Waals surface area (Å²) in [5.74, 6) is 3.47. The van der Waals surface area contributed by atoms with Crippen LogP contribution in [0.25, 0.3) is 16.7 Å². The lowest BCUT2D eigenvalue weighted by molar-refractivity contribution is -0.153. The van der Waals surface area contributed by atoms with Gasteiger partial charge in [0, 0.05) is 6.20 Å². The molecule has 1 fully saturated rings. The van der Waals surface area contributed by atoms with Crippen LogP contribution in [0, 0.1) is 5.92 Å². The Labute approximate surface area is 193 Å². The van der Waals surface area contributed by atoms with Crippen LogP contribution in [0.15, 0.2) is 47.4 Å². The number of fused-ring (bicyclic) bond motifs is 1. The van der Waals surface area contributed by atoms with Crippen molar-refractivity contribution in [1.29, 1.82) is 0 Å². The summed E-state index contributed by atoms with van der Waals surface area (Å²) >= 11 is 1.97. The Morgan fingerprint density at radius 2 is 1.94 bits per heavy atom. The van der Waals surface area contributed by atoms with Crippen LogP contribution in [0.4, 0.5) is 13.2 Å². The van der Waals surface area contributed by atoms with Crippen LogP contribution in [-0.2, 0) is 0 Å². The molecule has 3 heterocycles. The number of ether oxygens (including phenoxy) is 1. The highest BCUT2D eigenvalue weighted by atomic mass is 32.2. The van der Waals surface area contributed by atoms with Crippen LogP contribution in [0.5, 0.6) is 5.75 Å². The van der Waals surface area contributed by atoms with Crippen LogP contribution < -0.4 is 15.6 Å². The SMILES string of the molecule is CC(NCC1CCSCC1)c1nc2ncccc2c(=O)n1-c1ccc(OCC(F)(F)F)cc1. The summed E-state index contributed by atoms with van der Waals surface area (Å²) in [6.07, 6.45) is -0.518. The Morgan fingerprint density at radius 1 is 1.21 bits per heavy atom. The zero-order valence-corrected chi connectivity index (χ0v) is 19.0. The molecule has 1 atom stereocenters. The van der Waals surface area contributed by atoms with Crippen LogP contribution in [0.2, 0.25) is 0 Å². The van der Waals surface area contributed by atoms with E-state index in [0.717, 1.165) is 30.9 Å². The molecule has 0 bridgehead atoms. The van der Waals surface area contributed by atoms with E-state index in [4.69, 9.17) is 4.74 Å². The molecule has 1 saturated heterocycles. The van der Waals surface area contributed by atoms with Crippen LogP contribution >= 0.6 is 11.8 Å². The minimum Gasteiger partial charge on any atom is -0.484 e. The van der Waals surface area contributed by atoms with Gasteiger partial charge in [0.1, 0.15) is 11.6 Å². The van der Waals surface area contributed by atoms with E-state index in [1.165, 1.54) is 16.7 Å². The van der Waals surface area contributed by atoms with E-state index in [2.05, 4.69) is 15.3 Å². The van der Waals surface area contributed by atoms with Crippen molar-refractivity contribution in [2.75, 3.05) is 24.7 Å². The van der Waals surface area contributed by atoms with Crippen molar-refractivity contribution in [2.24, 2.45) is 5.92 Å². The number of nitrogens with zero attached hydrogens (tertiary/aromatic N) is 3. The lowest BCUT2D eigenvalue weighted by Crippen LogP contribution is -2.33. The number of pyridine rings is 1. The number of benzene rings is 1. The first-order valence-corrected chi connectivity index (χ1v) is 12.0. The zero-order valence-electron chi connectivity index (χ0n) is 18.1. The smallest absolute Gasteiger partial charge is 0.422 e. The van der Waals surface area contributed by atoms with Gasteiger partial charge < -0.3 is 10.1 Å². The fourth-order valence-electron chi connectivity index (χ4n) is 3.82. The molecule has 0 spiro atoms. The van der Waals surface area contributed by atoms with E-state index < -0.39 is 12.8 Å². The number of hydrogen-bond acceptors (Lipinski definition) is 6. The van der Waals surface area contributed by atoms with Crippen molar-refractivity contribution in [3.63, 3.8) is 0 Å². The van der Waals surface area contributed by atoms with Gasteiger partial charge in [-0.1, -0.05) is 0 Å².